The summed E-state index contributed by atoms with van der Waals surface area (Å²) in [5.41, 5.74) is -0.405. The first-order chi connectivity index (χ1) is 11.5. The van der Waals surface area contributed by atoms with Gasteiger partial charge in [0.05, 0.1) is 21.5 Å². The Labute approximate surface area is 135 Å². The lowest BCUT2D eigenvalue weighted by Crippen LogP contribution is -2.39. The molecule has 0 fully saturated rings. The van der Waals surface area contributed by atoms with E-state index in [2.05, 4.69) is 6.58 Å². The Hall–Kier alpha value is -3.48. The van der Waals surface area contributed by atoms with Crippen molar-refractivity contribution >= 4 is 16.6 Å². The summed E-state index contributed by atoms with van der Waals surface area (Å²) in [4.78, 5) is 35.8. The van der Waals surface area contributed by atoms with E-state index < -0.39 is 16.2 Å². The topological polar surface area (TPSA) is 87.1 Å². The third-order valence-electron chi connectivity index (χ3n) is 3.65. The van der Waals surface area contributed by atoms with Crippen LogP contribution in [-0.2, 0) is 6.54 Å². The summed E-state index contributed by atoms with van der Waals surface area (Å²) >= 11 is 0. The van der Waals surface area contributed by atoms with E-state index in [0.717, 1.165) is 4.57 Å². The van der Waals surface area contributed by atoms with Crippen LogP contribution in [0.5, 0.6) is 0 Å². The predicted octanol–water partition coefficient (Wildman–Crippen LogP) is 2.25. The normalized spacial score (nSPS) is 10.7. The molecule has 1 heterocycles. The molecule has 24 heavy (non-hydrogen) atoms. The monoisotopic (exact) mass is 323 g/mol. The Morgan fingerprint density at radius 1 is 1.12 bits per heavy atom. The lowest BCUT2D eigenvalue weighted by Gasteiger charge is -2.13. The molecule has 0 unspecified atom stereocenters. The van der Waals surface area contributed by atoms with Crippen LogP contribution in [0.4, 0.5) is 5.69 Å². The zero-order chi connectivity index (χ0) is 17.3. The number of hydrogen-bond donors (Lipinski definition) is 0. The van der Waals surface area contributed by atoms with Crippen molar-refractivity contribution in [1.29, 1.82) is 0 Å². The minimum atomic E-state index is -0.570. The number of para-hydroxylation sites is 1. The molecular weight excluding hydrogens is 310 g/mol. The van der Waals surface area contributed by atoms with Gasteiger partial charge in [0.1, 0.15) is 0 Å². The van der Waals surface area contributed by atoms with E-state index in [1.54, 1.807) is 30.3 Å². The molecule has 0 bridgehead atoms. The van der Waals surface area contributed by atoms with Crippen LogP contribution in [0.15, 0.2) is 70.8 Å². The summed E-state index contributed by atoms with van der Waals surface area (Å²) in [7, 11) is 0. The minimum Gasteiger partial charge on any atom is -0.268 e. The Morgan fingerprint density at radius 3 is 2.58 bits per heavy atom. The van der Waals surface area contributed by atoms with Crippen molar-refractivity contribution in [3.63, 3.8) is 0 Å². The SMILES string of the molecule is C=CCn1c(=O)c2ccccc2n(-c2cccc([N+](=O)[O-])c2)c1=O. The van der Waals surface area contributed by atoms with E-state index in [9.17, 15) is 19.7 Å². The van der Waals surface area contributed by atoms with Gasteiger partial charge < -0.3 is 0 Å². The number of nitrogens with zero attached hydrogens (tertiary/aromatic N) is 3. The lowest BCUT2D eigenvalue weighted by molar-refractivity contribution is -0.384. The van der Waals surface area contributed by atoms with Crippen LogP contribution < -0.4 is 11.2 Å². The zero-order valence-electron chi connectivity index (χ0n) is 12.6. The highest BCUT2D eigenvalue weighted by atomic mass is 16.6. The summed E-state index contributed by atoms with van der Waals surface area (Å²) in [6.07, 6.45) is 1.45. The van der Waals surface area contributed by atoms with Gasteiger partial charge in [0, 0.05) is 18.7 Å². The van der Waals surface area contributed by atoms with Gasteiger partial charge in [0.2, 0.25) is 0 Å². The highest BCUT2D eigenvalue weighted by molar-refractivity contribution is 5.79. The molecule has 0 saturated carbocycles. The van der Waals surface area contributed by atoms with E-state index in [1.165, 1.54) is 28.8 Å². The third kappa shape index (κ3) is 2.41. The Bertz CT molecular complexity index is 1080. The second-order valence-electron chi connectivity index (χ2n) is 5.12. The number of allylic oxidation sites excluding steroid dienone is 1. The summed E-state index contributed by atoms with van der Waals surface area (Å²) in [6.45, 7) is 3.61. The van der Waals surface area contributed by atoms with E-state index in [1.807, 2.05) is 0 Å². The summed E-state index contributed by atoms with van der Waals surface area (Å²) in [6, 6.07) is 12.4. The van der Waals surface area contributed by atoms with Gasteiger partial charge in [0.25, 0.3) is 11.2 Å². The first-order valence-corrected chi connectivity index (χ1v) is 7.15. The van der Waals surface area contributed by atoms with Gasteiger partial charge in [-0.3, -0.25) is 24.0 Å². The molecule has 0 aliphatic carbocycles. The van der Waals surface area contributed by atoms with E-state index in [0.29, 0.717) is 16.6 Å². The number of nitro groups is 1. The molecule has 0 atom stereocenters. The average molecular weight is 323 g/mol. The number of benzene rings is 2. The molecule has 0 spiro atoms. The molecule has 0 amide bonds. The largest absolute Gasteiger partial charge is 0.336 e. The third-order valence-corrected chi connectivity index (χ3v) is 3.65. The second-order valence-corrected chi connectivity index (χ2v) is 5.12. The highest BCUT2D eigenvalue weighted by Crippen LogP contribution is 2.18. The molecule has 0 saturated heterocycles. The number of fused-ring (bicyclic) bond motifs is 1. The molecule has 120 valence electrons. The Balaban J connectivity index is 2.45. The van der Waals surface area contributed by atoms with Crippen molar-refractivity contribution in [1.82, 2.24) is 9.13 Å². The maximum atomic E-state index is 12.8. The van der Waals surface area contributed by atoms with Crippen LogP contribution in [0, 0.1) is 10.1 Å². The van der Waals surface area contributed by atoms with Crippen LogP contribution >= 0.6 is 0 Å². The van der Waals surface area contributed by atoms with E-state index in [4.69, 9.17) is 0 Å². The van der Waals surface area contributed by atoms with Gasteiger partial charge in [-0.05, 0) is 18.2 Å². The van der Waals surface area contributed by atoms with Crippen molar-refractivity contribution in [2.45, 2.75) is 6.54 Å². The van der Waals surface area contributed by atoms with Gasteiger partial charge >= 0.3 is 5.69 Å². The maximum absolute atomic E-state index is 12.8. The molecule has 0 radical (unpaired) electrons. The van der Waals surface area contributed by atoms with Crippen molar-refractivity contribution in [2.75, 3.05) is 0 Å². The number of rotatable bonds is 4. The summed E-state index contributed by atoms with van der Waals surface area (Å²) in [5.74, 6) is 0. The van der Waals surface area contributed by atoms with Crippen LogP contribution in [0.25, 0.3) is 16.6 Å². The second kappa shape index (κ2) is 5.96. The molecule has 2 aromatic carbocycles. The molecule has 3 rings (SSSR count). The van der Waals surface area contributed by atoms with Crippen LogP contribution in [-0.4, -0.2) is 14.1 Å². The fourth-order valence-electron chi connectivity index (χ4n) is 2.59. The standard InChI is InChI=1S/C17H13N3O4/c1-2-10-18-16(21)14-8-3-4-9-15(14)19(17(18)22)12-6-5-7-13(11-12)20(23)24/h2-9,11H,1,10H2. The minimum absolute atomic E-state index is 0.0530. The van der Waals surface area contributed by atoms with Crippen molar-refractivity contribution in [3.8, 4) is 5.69 Å². The first kappa shape index (κ1) is 15.4. The highest BCUT2D eigenvalue weighted by Gasteiger charge is 2.15. The maximum Gasteiger partial charge on any atom is 0.336 e. The first-order valence-electron chi connectivity index (χ1n) is 7.15. The molecular formula is C17H13N3O4. The quantitative estimate of drug-likeness (QED) is 0.418. The van der Waals surface area contributed by atoms with E-state index in [-0.39, 0.29) is 12.2 Å². The molecule has 7 nitrogen and oxygen atoms in total. The zero-order valence-corrected chi connectivity index (χ0v) is 12.6. The lowest BCUT2D eigenvalue weighted by atomic mass is 10.2. The smallest absolute Gasteiger partial charge is 0.268 e. The van der Waals surface area contributed by atoms with Gasteiger partial charge in [-0.2, -0.15) is 0 Å². The van der Waals surface area contributed by atoms with Gasteiger partial charge in [-0.25, -0.2) is 4.79 Å². The number of nitro benzene ring substituents is 1. The molecule has 7 heteroatoms. The molecule has 1 aromatic heterocycles. The fourth-order valence-corrected chi connectivity index (χ4v) is 2.59. The van der Waals surface area contributed by atoms with Crippen molar-refractivity contribution in [3.05, 3.63) is 92.1 Å². The number of aromatic nitrogens is 2. The molecule has 0 aliphatic heterocycles. The average Bonchev–Trinajstić information content (AvgIpc) is 2.59. The Kier molecular flexibility index (Phi) is 3.83. The van der Waals surface area contributed by atoms with Gasteiger partial charge in [-0.1, -0.05) is 24.3 Å². The number of non-ortho nitro benzene ring substituents is 1. The van der Waals surface area contributed by atoms with Crippen LogP contribution in [0.2, 0.25) is 0 Å². The molecule has 0 N–H and O–H groups in total. The van der Waals surface area contributed by atoms with Gasteiger partial charge in [0.15, 0.2) is 0 Å². The van der Waals surface area contributed by atoms with Crippen LogP contribution in [0.1, 0.15) is 0 Å². The van der Waals surface area contributed by atoms with E-state index >= 15 is 0 Å². The summed E-state index contributed by atoms with van der Waals surface area (Å²) < 4.78 is 2.35. The number of hydrogen-bond acceptors (Lipinski definition) is 4. The molecule has 0 aliphatic rings. The summed E-state index contributed by atoms with van der Waals surface area (Å²) in [5, 5.41) is 11.4. The molecule has 3 aromatic rings. The van der Waals surface area contributed by atoms with Crippen molar-refractivity contribution in [2.24, 2.45) is 0 Å². The fraction of sp³-hybridized carbons (Fsp3) is 0.0588. The van der Waals surface area contributed by atoms with Crippen LogP contribution in [0.3, 0.4) is 0 Å². The van der Waals surface area contributed by atoms with Gasteiger partial charge in [-0.15, -0.1) is 6.58 Å². The van der Waals surface area contributed by atoms with Crippen molar-refractivity contribution < 1.29 is 4.92 Å². The Morgan fingerprint density at radius 2 is 1.88 bits per heavy atom. The predicted molar refractivity (Wildman–Crippen MR) is 90.7 cm³/mol.